The lowest BCUT2D eigenvalue weighted by Gasteiger charge is -2.34. The fourth-order valence-corrected chi connectivity index (χ4v) is 2.18. The SMILES string of the molecule is CC(C)[C@@](NC(=O)OCC(Cl)(Cl)Cl)(C(=O)O)c1ccccc1. The minimum atomic E-state index is -1.77. The van der Waals surface area contributed by atoms with Gasteiger partial charge in [-0.2, -0.15) is 0 Å². The minimum absolute atomic E-state index is 0.420. The van der Waals surface area contributed by atoms with Crippen LogP contribution in [0, 0.1) is 5.92 Å². The van der Waals surface area contributed by atoms with Crippen molar-refractivity contribution in [3.63, 3.8) is 0 Å². The molecule has 5 nitrogen and oxygen atoms in total. The van der Waals surface area contributed by atoms with Crippen LogP contribution in [-0.2, 0) is 15.1 Å². The van der Waals surface area contributed by atoms with E-state index in [2.05, 4.69) is 5.32 Å². The average molecular weight is 369 g/mol. The number of rotatable bonds is 5. The highest BCUT2D eigenvalue weighted by Crippen LogP contribution is 2.31. The van der Waals surface area contributed by atoms with E-state index in [1.807, 2.05) is 0 Å². The van der Waals surface area contributed by atoms with Gasteiger partial charge >= 0.3 is 12.1 Å². The van der Waals surface area contributed by atoms with Crippen LogP contribution in [0.15, 0.2) is 30.3 Å². The van der Waals surface area contributed by atoms with Crippen LogP contribution >= 0.6 is 34.8 Å². The molecule has 0 aliphatic heterocycles. The summed E-state index contributed by atoms with van der Waals surface area (Å²) in [6.45, 7) is 2.86. The van der Waals surface area contributed by atoms with Crippen molar-refractivity contribution in [3.8, 4) is 0 Å². The number of amides is 1. The second kappa shape index (κ2) is 7.40. The van der Waals surface area contributed by atoms with Crippen molar-refractivity contribution in [1.82, 2.24) is 5.32 Å². The Balaban J connectivity index is 3.07. The fraction of sp³-hybridized carbons (Fsp3) is 0.429. The number of carboxylic acid groups (broad SMARTS) is 1. The number of halogens is 3. The highest BCUT2D eigenvalue weighted by atomic mass is 35.6. The van der Waals surface area contributed by atoms with Crippen molar-refractivity contribution in [2.75, 3.05) is 6.61 Å². The molecular formula is C14H16Cl3NO4. The third kappa shape index (κ3) is 4.66. The van der Waals surface area contributed by atoms with Crippen LogP contribution in [0.2, 0.25) is 0 Å². The molecule has 8 heteroatoms. The molecule has 0 bridgehead atoms. The first-order chi connectivity index (χ1) is 10.1. The number of carbonyl (C=O) groups is 2. The summed E-state index contributed by atoms with van der Waals surface area (Å²) < 4.78 is 3.00. The maximum Gasteiger partial charge on any atom is 0.408 e. The monoisotopic (exact) mass is 367 g/mol. The van der Waals surface area contributed by atoms with Crippen LogP contribution in [0.5, 0.6) is 0 Å². The number of carboxylic acids is 1. The summed E-state index contributed by atoms with van der Waals surface area (Å²) in [5.74, 6) is -1.66. The molecule has 2 N–H and O–H groups in total. The van der Waals surface area contributed by atoms with Gasteiger partial charge in [0, 0.05) is 0 Å². The molecule has 0 saturated heterocycles. The van der Waals surface area contributed by atoms with Crippen LogP contribution in [0.25, 0.3) is 0 Å². The summed E-state index contributed by atoms with van der Waals surface area (Å²) in [6, 6.07) is 8.34. The lowest BCUT2D eigenvalue weighted by molar-refractivity contribution is -0.147. The predicted octanol–water partition coefficient (Wildman–Crippen LogP) is 3.72. The lowest BCUT2D eigenvalue weighted by atomic mass is 9.80. The van der Waals surface area contributed by atoms with E-state index in [1.165, 1.54) is 0 Å². The number of alkyl halides is 3. The third-order valence-corrected chi connectivity index (χ3v) is 3.43. The molecule has 22 heavy (non-hydrogen) atoms. The normalized spacial score (nSPS) is 14.3. The van der Waals surface area contributed by atoms with E-state index >= 15 is 0 Å². The lowest BCUT2D eigenvalue weighted by Crippen LogP contribution is -2.55. The molecule has 0 heterocycles. The van der Waals surface area contributed by atoms with Crippen molar-refractivity contribution in [3.05, 3.63) is 35.9 Å². The van der Waals surface area contributed by atoms with Gasteiger partial charge in [-0.25, -0.2) is 9.59 Å². The third-order valence-electron chi connectivity index (χ3n) is 3.10. The summed E-state index contributed by atoms with van der Waals surface area (Å²) in [5.41, 5.74) is -1.23. The fourth-order valence-electron chi connectivity index (χ4n) is 2.02. The Kier molecular flexibility index (Phi) is 6.35. The topological polar surface area (TPSA) is 75.6 Å². The zero-order valence-corrected chi connectivity index (χ0v) is 14.2. The largest absolute Gasteiger partial charge is 0.479 e. The number of ether oxygens (including phenoxy) is 1. The van der Waals surface area contributed by atoms with Gasteiger partial charge in [0.15, 0.2) is 5.54 Å². The average Bonchev–Trinajstić information content (AvgIpc) is 2.42. The van der Waals surface area contributed by atoms with E-state index in [1.54, 1.807) is 44.2 Å². The van der Waals surface area contributed by atoms with Gasteiger partial charge in [-0.1, -0.05) is 79.0 Å². The molecule has 1 rings (SSSR count). The Morgan fingerprint density at radius 2 is 1.77 bits per heavy atom. The van der Waals surface area contributed by atoms with Crippen LogP contribution in [0.1, 0.15) is 19.4 Å². The number of nitrogens with one attached hydrogen (secondary N) is 1. The molecule has 0 fully saturated rings. The van der Waals surface area contributed by atoms with Crippen molar-refractivity contribution >= 4 is 46.9 Å². The molecule has 0 saturated carbocycles. The number of carbonyl (C=O) groups excluding carboxylic acids is 1. The Morgan fingerprint density at radius 3 is 2.18 bits per heavy atom. The van der Waals surface area contributed by atoms with Gasteiger partial charge in [0.25, 0.3) is 0 Å². The highest BCUT2D eigenvalue weighted by Gasteiger charge is 2.45. The summed E-state index contributed by atoms with van der Waals surface area (Å²) in [6.07, 6.45) is -0.980. The number of hydrogen-bond donors (Lipinski definition) is 2. The van der Waals surface area contributed by atoms with E-state index in [0.29, 0.717) is 5.56 Å². The molecule has 1 aromatic rings. The number of benzene rings is 1. The number of hydrogen-bond acceptors (Lipinski definition) is 3. The van der Waals surface area contributed by atoms with E-state index in [9.17, 15) is 14.7 Å². The van der Waals surface area contributed by atoms with Crippen LogP contribution in [-0.4, -0.2) is 27.6 Å². The number of aliphatic carboxylic acids is 1. The molecule has 1 amide bonds. The summed E-state index contributed by atoms with van der Waals surface area (Å²) >= 11 is 16.5. The summed E-state index contributed by atoms with van der Waals surface area (Å²) in [7, 11) is 0. The van der Waals surface area contributed by atoms with Crippen molar-refractivity contribution < 1.29 is 19.4 Å². The standard InChI is InChI=1S/C14H16Cl3NO4/c1-9(2)14(11(19)20,10-6-4-3-5-7-10)18-12(21)22-8-13(15,16)17/h3-7,9H,8H2,1-2H3,(H,18,21)(H,19,20)/t14-/m0/s1. The van der Waals surface area contributed by atoms with Gasteiger partial charge in [-0.05, 0) is 11.5 Å². The molecule has 0 aliphatic rings. The van der Waals surface area contributed by atoms with Crippen LogP contribution in [0.3, 0.4) is 0 Å². The smallest absolute Gasteiger partial charge is 0.408 e. The van der Waals surface area contributed by atoms with E-state index in [0.717, 1.165) is 0 Å². The molecule has 0 radical (unpaired) electrons. The molecule has 1 aromatic carbocycles. The molecule has 0 aliphatic carbocycles. The van der Waals surface area contributed by atoms with Gasteiger partial charge in [-0.3, -0.25) is 0 Å². The minimum Gasteiger partial charge on any atom is -0.479 e. The first-order valence-corrected chi connectivity index (χ1v) is 7.53. The Bertz CT molecular complexity index is 531. The zero-order chi connectivity index (χ0) is 17.0. The van der Waals surface area contributed by atoms with Gasteiger partial charge in [-0.15, -0.1) is 0 Å². The summed E-state index contributed by atoms with van der Waals surface area (Å²) in [4.78, 5) is 23.8. The van der Waals surface area contributed by atoms with Crippen molar-refractivity contribution in [2.45, 2.75) is 23.2 Å². The predicted molar refractivity (Wildman–Crippen MR) is 85.4 cm³/mol. The molecule has 1 atom stereocenters. The molecule has 0 aromatic heterocycles. The molecular weight excluding hydrogens is 353 g/mol. The second-order valence-electron chi connectivity index (χ2n) is 4.95. The Morgan fingerprint density at radius 1 is 1.23 bits per heavy atom. The Hall–Kier alpha value is -1.17. The van der Waals surface area contributed by atoms with Gasteiger partial charge in [0.05, 0.1) is 0 Å². The zero-order valence-electron chi connectivity index (χ0n) is 12.0. The molecule has 0 spiro atoms. The second-order valence-corrected chi connectivity index (χ2v) is 7.47. The van der Waals surface area contributed by atoms with E-state index in [-0.39, 0.29) is 0 Å². The summed E-state index contributed by atoms with van der Waals surface area (Å²) in [5, 5.41) is 12.1. The Labute approximate surface area is 143 Å². The first kappa shape index (κ1) is 18.9. The van der Waals surface area contributed by atoms with Crippen molar-refractivity contribution in [1.29, 1.82) is 0 Å². The van der Waals surface area contributed by atoms with Gasteiger partial charge in [0.1, 0.15) is 6.61 Å². The van der Waals surface area contributed by atoms with Gasteiger partial charge in [0.2, 0.25) is 3.79 Å². The first-order valence-electron chi connectivity index (χ1n) is 6.40. The quantitative estimate of drug-likeness (QED) is 0.777. The molecule has 0 unspecified atom stereocenters. The maximum absolute atomic E-state index is 11.9. The highest BCUT2D eigenvalue weighted by molar-refractivity contribution is 6.67. The van der Waals surface area contributed by atoms with E-state index < -0.39 is 33.9 Å². The van der Waals surface area contributed by atoms with Crippen molar-refractivity contribution in [2.24, 2.45) is 5.92 Å². The molecule has 122 valence electrons. The maximum atomic E-state index is 11.9. The van der Waals surface area contributed by atoms with E-state index in [4.69, 9.17) is 39.5 Å². The van der Waals surface area contributed by atoms with Crippen LogP contribution < -0.4 is 5.32 Å². The van der Waals surface area contributed by atoms with Crippen LogP contribution in [0.4, 0.5) is 4.79 Å². The van der Waals surface area contributed by atoms with Gasteiger partial charge < -0.3 is 15.2 Å². The number of alkyl carbamates (subject to hydrolysis) is 1.